The molecular formula is C13H19F7O2. The molecule has 2 nitrogen and oxygen atoms in total. The van der Waals surface area contributed by atoms with Crippen molar-refractivity contribution in [2.24, 2.45) is 11.8 Å². The minimum atomic E-state index is -5.50. The first-order valence-corrected chi connectivity index (χ1v) is 6.89. The standard InChI is InChI=1S/C13H19F7O2/c1-4-8-6-11(13(18,19)20,22-7-21-5-2)12(16,17)9(8)10(3,14)15/h8-9H,4-7H2,1-3H3. The molecule has 22 heavy (non-hydrogen) atoms. The zero-order chi connectivity index (χ0) is 17.4. The van der Waals surface area contributed by atoms with E-state index in [1.54, 1.807) is 0 Å². The van der Waals surface area contributed by atoms with Gasteiger partial charge < -0.3 is 9.47 Å². The average Bonchev–Trinajstić information content (AvgIpc) is 2.57. The second-order valence-electron chi connectivity index (χ2n) is 5.51. The number of alkyl halides is 7. The summed E-state index contributed by atoms with van der Waals surface area (Å²) in [6.07, 6.45) is -6.96. The fourth-order valence-electron chi connectivity index (χ4n) is 3.05. The van der Waals surface area contributed by atoms with Gasteiger partial charge in [0.15, 0.2) is 0 Å². The van der Waals surface area contributed by atoms with Gasteiger partial charge in [0.05, 0.1) is 5.92 Å². The Kier molecular flexibility index (Phi) is 5.44. The zero-order valence-corrected chi connectivity index (χ0v) is 12.4. The van der Waals surface area contributed by atoms with Crippen LogP contribution in [0.15, 0.2) is 0 Å². The molecule has 0 radical (unpaired) electrons. The first kappa shape index (κ1) is 19.5. The second kappa shape index (κ2) is 6.14. The van der Waals surface area contributed by atoms with Crippen LogP contribution in [0.2, 0.25) is 0 Å². The van der Waals surface area contributed by atoms with Crippen molar-refractivity contribution in [3.8, 4) is 0 Å². The molecule has 1 fully saturated rings. The molecule has 3 atom stereocenters. The largest absolute Gasteiger partial charge is 0.423 e. The SMILES string of the molecule is CCOCOC1(C(F)(F)F)CC(CC)C(C(C)(F)F)C1(F)F. The van der Waals surface area contributed by atoms with Gasteiger partial charge in [-0.3, -0.25) is 0 Å². The van der Waals surface area contributed by atoms with Gasteiger partial charge in [0.2, 0.25) is 5.60 Å². The lowest BCUT2D eigenvalue weighted by Gasteiger charge is -2.39. The highest BCUT2D eigenvalue weighted by atomic mass is 19.4. The Morgan fingerprint density at radius 1 is 1.09 bits per heavy atom. The third-order valence-corrected chi connectivity index (χ3v) is 4.07. The number of hydrogen-bond acceptors (Lipinski definition) is 2. The fourth-order valence-corrected chi connectivity index (χ4v) is 3.05. The van der Waals surface area contributed by atoms with E-state index in [-0.39, 0.29) is 20.0 Å². The fraction of sp³-hybridized carbons (Fsp3) is 1.00. The third kappa shape index (κ3) is 3.06. The topological polar surface area (TPSA) is 18.5 Å². The zero-order valence-electron chi connectivity index (χ0n) is 12.4. The highest BCUT2D eigenvalue weighted by molar-refractivity contribution is 5.14. The third-order valence-electron chi connectivity index (χ3n) is 4.07. The van der Waals surface area contributed by atoms with Gasteiger partial charge in [0.25, 0.3) is 11.8 Å². The highest BCUT2D eigenvalue weighted by Gasteiger charge is 2.81. The summed E-state index contributed by atoms with van der Waals surface area (Å²) in [6.45, 7) is 1.86. The van der Waals surface area contributed by atoms with Crippen molar-refractivity contribution in [3.63, 3.8) is 0 Å². The van der Waals surface area contributed by atoms with E-state index in [2.05, 4.69) is 9.47 Å². The Balaban J connectivity index is 3.32. The van der Waals surface area contributed by atoms with Gasteiger partial charge >= 0.3 is 6.18 Å². The molecule has 0 aliphatic heterocycles. The van der Waals surface area contributed by atoms with Crippen LogP contribution in [0.3, 0.4) is 0 Å². The van der Waals surface area contributed by atoms with Crippen LogP contribution in [0.25, 0.3) is 0 Å². The molecule has 0 heterocycles. The number of rotatable bonds is 6. The van der Waals surface area contributed by atoms with Crippen molar-refractivity contribution in [1.29, 1.82) is 0 Å². The maximum atomic E-state index is 14.4. The lowest BCUT2D eigenvalue weighted by molar-refractivity contribution is -0.363. The van der Waals surface area contributed by atoms with Crippen LogP contribution < -0.4 is 0 Å². The van der Waals surface area contributed by atoms with E-state index >= 15 is 0 Å². The number of hydrogen-bond donors (Lipinski definition) is 0. The molecule has 0 aromatic carbocycles. The molecular weight excluding hydrogens is 321 g/mol. The molecule has 1 aliphatic carbocycles. The van der Waals surface area contributed by atoms with Crippen molar-refractivity contribution in [3.05, 3.63) is 0 Å². The van der Waals surface area contributed by atoms with Crippen LogP contribution >= 0.6 is 0 Å². The molecule has 0 aromatic heterocycles. The van der Waals surface area contributed by atoms with Crippen LogP contribution in [-0.2, 0) is 9.47 Å². The van der Waals surface area contributed by atoms with Crippen LogP contribution in [-0.4, -0.2) is 37.0 Å². The van der Waals surface area contributed by atoms with E-state index in [1.807, 2.05) is 0 Å². The normalized spacial score (nSPS) is 32.5. The van der Waals surface area contributed by atoms with Gasteiger partial charge in [-0.25, -0.2) is 17.6 Å². The molecule has 1 rings (SSSR count). The van der Waals surface area contributed by atoms with Crippen molar-refractivity contribution in [2.45, 2.75) is 57.2 Å². The lowest BCUT2D eigenvalue weighted by atomic mass is 9.86. The Hall–Kier alpha value is -0.570. The second-order valence-corrected chi connectivity index (χ2v) is 5.51. The molecule has 132 valence electrons. The summed E-state index contributed by atoms with van der Waals surface area (Å²) in [7, 11) is 0. The predicted molar refractivity (Wildman–Crippen MR) is 63.8 cm³/mol. The summed E-state index contributed by atoms with van der Waals surface area (Å²) in [5.74, 6) is -13.0. The molecule has 0 amide bonds. The molecule has 0 saturated heterocycles. The van der Waals surface area contributed by atoms with Crippen LogP contribution in [0, 0.1) is 11.8 Å². The Morgan fingerprint density at radius 2 is 1.64 bits per heavy atom. The monoisotopic (exact) mass is 340 g/mol. The smallest absolute Gasteiger partial charge is 0.356 e. The van der Waals surface area contributed by atoms with Crippen molar-refractivity contribution >= 4 is 0 Å². The molecule has 0 spiro atoms. The molecule has 3 unspecified atom stereocenters. The predicted octanol–water partition coefficient (Wildman–Crippen LogP) is 4.63. The maximum absolute atomic E-state index is 14.4. The van der Waals surface area contributed by atoms with E-state index < -0.39 is 48.7 Å². The van der Waals surface area contributed by atoms with Crippen molar-refractivity contribution < 1.29 is 40.2 Å². The summed E-state index contributed by atoms with van der Waals surface area (Å²) in [6, 6.07) is 0. The molecule has 1 saturated carbocycles. The van der Waals surface area contributed by atoms with Crippen molar-refractivity contribution in [2.75, 3.05) is 13.4 Å². The summed E-state index contributed by atoms with van der Waals surface area (Å²) in [4.78, 5) is 0. The Labute approximate surface area is 123 Å². The molecule has 9 heteroatoms. The molecule has 0 N–H and O–H groups in total. The highest BCUT2D eigenvalue weighted by Crippen LogP contribution is 2.63. The van der Waals surface area contributed by atoms with Gasteiger partial charge in [-0.05, 0) is 26.2 Å². The number of ether oxygens (including phenoxy) is 2. The average molecular weight is 340 g/mol. The van der Waals surface area contributed by atoms with Gasteiger partial charge in [-0.15, -0.1) is 0 Å². The minimum absolute atomic E-state index is 0.0515. The first-order valence-electron chi connectivity index (χ1n) is 6.89. The van der Waals surface area contributed by atoms with Gasteiger partial charge in [-0.2, -0.15) is 13.2 Å². The first-order chi connectivity index (χ1) is 9.85. The molecule has 0 aromatic rings. The van der Waals surface area contributed by atoms with Crippen molar-refractivity contribution in [1.82, 2.24) is 0 Å². The number of halogens is 7. The van der Waals surface area contributed by atoms with Crippen LogP contribution in [0.1, 0.15) is 33.6 Å². The van der Waals surface area contributed by atoms with Gasteiger partial charge in [0.1, 0.15) is 6.79 Å². The lowest BCUT2D eigenvalue weighted by Crippen LogP contribution is -2.60. The summed E-state index contributed by atoms with van der Waals surface area (Å²) >= 11 is 0. The van der Waals surface area contributed by atoms with Crippen LogP contribution in [0.5, 0.6) is 0 Å². The summed E-state index contributed by atoms with van der Waals surface area (Å²) in [5.41, 5.74) is -3.96. The van der Waals surface area contributed by atoms with Gasteiger partial charge in [0, 0.05) is 6.61 Å². The summed E-state index contributed by atoms with van der Waals surface area (Å²) < 4.78 is 105. The maximum Gasteiger partial charge on any atom is 0.423 e. The van der Waals surface area contributed by atoms with E-state index in [9.17, 15) is 30.7 Å². The van der Waals surface area contributed by atoms with Crippen LogP contribution in [0.4, 0.5) is 30.7 Å². The van der Waals surface area contributed by atoms with Gasteiger partial charge in [-0.1, -0.05) is 13.3 Å². The quantitative estimate of drug-likeness (QED) is 0.399. The Morgan fingerprint density at radius 3 is 1.95 bits per heavy atom. The van der Waals surface area contributed by atoms with E-state index in [4.69, 9.17) is 0 Å². The summed E-state index contributed by atoms with van der Waals surface area (Å²) in [5, 5.41) is 0. The molecule has 1 aliphatic rings. The minimum Gasteiger partial charge on any atom is -0.356 e. The molecule has 0 bridgehead atoms. The van der Waals surface area contributed by atoms with E-state index in [1.165, 1.54) is 13.8 Å². The Bertz CT molecular complexity index is 378. The van der Waals surface area contributed by atoms with E-state index in [0.717, 1.165) is 0 Å². The van der Waals surface area contributed by atoms with E-state index in [0.29, 0.717) is 0 Å².